The summed E-state index contributed by atoms with van der Waals surface area (Å²) in [7, 11) is 0. The van der Waals surface area contributed by atoms with Gasteiger partial charge in [-0.05, 0) is 18.6 Å². The molecule has 0 fully saturated rings. The molecular formula is C15H13F2N3. The Hall–Kier alpha value is -2.30. The third-order valence-corrected chi connectivity index (χ3v) is 3.24. The van der Waals surface area contributed by atoms with E-state index in [1.54, 1.807) is 22.9 Å². The predicted octanol–water partition coefficient (Wildman–Crippen LogP) is 3.32. The van der Waals surface area contributed by atoms with Crippen LogP contribution in [0.5, 0.6) is 0 Å². The van der Waals surface area contributed by atoms with Crippen LogP contribution in [-0.4, -0.2) is 14.8 Å². The first-order valence-corrected chi connectivity index (χ1v) is 6.43. The summed E-state index contributed by atoms with van der Waals surface area (Å²) in [6.07, 6.45) is 1.83. The van der Waals surface area contributed by atoms with Crippen LogP contribution in [0.1, 0.15) is 18.2 Å². The van der Waals surface area contributed by atoms with Crippen molar-refractivity contribution in [2.75, 3.05) is 0 Å². The molecule has 0 atom stereocenters. The maximum absolute atomic E-state index is 13.7. The fourth-order valence-corrected chi connectivity index (χ4v) is 2.26. The number of fused-ring (bicyclic) bond motifs is 1. The van der Waals surface area contributed by atoms with Crippen molar-refractivity contribution in [3.05, 3.63) is 59.4 Å². The molecule has 0 radical (unpaired) electrons. The van der Waals surface area contributed by atoms with E-state index in [0.717, 1.165) is 11.9 Å². The Balaban J connectivity index is 2.10. The van der Waals surface area contributed by atoms with Gasteiger partial charge in [0.15, 0.2) is 5.65 Å². The topological polar surface area (TPSA) is 30.7 Å². The van der Waals surface area contributed by atoms with Gasteiger partial charge in [0.2, 0.25) is 0 Å². The average Bonchev–Trinajstić information content (AvgIpc) is 2.78. The number of nitrogens with zero attached hydrogens (tertiary/aromatic N) is 3. The summed E-state index contributed by atoms with van der Waals surface area (Å²) in [5.74, 6) is -0.672. The number of aromatic nitrogens is 3. The highest BCUT2D eigenvalue weighted by Crippen LogP contribution is 2.20. The van der Waals surface area contributed by atoms with E-state index in [2.05, 4.69) is 10.1 Å². The molecule has 2 aromatic heterocycles. The summed E-state index contributed by atoms with van der Waals surface area (Å²) in [5.41, 5.74) is 1.88. The number of halogens is 2. The fraction of sp³-hybridized carbons (Fsp3) is 0.200. The van der Waals surface area contributed by atoms with Crippen molar-refractivity contribution >= 4 is 11.0 Å². The van der Waals surface area contributed by atoms with E-state index >= 15 is 0 Å². The van der Waals surface area contributed by atoms with Crippen LogP contribution in [0, 0.1) is 11.6 Å². The van der Waals surface area contributed by atoms with Crippen LogP contribution in [0.4, 0.5) is 8.78 Å². The van der Waals surface area contributed by atoms with Gasteiger partial charge in [-0.3, -0.25) is 0 Å². The van der Waals surface area contributed by atoms with Crippen LogP contribution < -0.4 is 0 Å². The van der Waals surface area contributed by atoms with E-state index in [4.69, 9.17) is 0 Å². The van der Waals surface area contributed by atoms with Crippen LogP contribution in [0.2, 0.25) is 0 Å². The second-order valence-electron chi connectivity index (χ2n) is 4.57. The van der Waals surface area contributed by atoms with Crippen molar-refractivity contribution in [3.63, 3.8) is 0 Å². The quantitative estimate of drug-likeness (QED) is 0.733. The van der Waals surface area contributed by atoms with Gasteiger partial charge in [-0.1, -0.05) is 25.1 Å². The summed E-state index contributed by atoms with van der Waals surface area (Å²) >= 11 is 0. The van der Waals surface area contributed by atoms with Crippen LogP contribution in [-0.2, 0) is 13.0 Å². The normalized spacial score (nSPS) is 11.2. The lowest BCUT2D eigenvalue weighted by atomic mass is 10.2. The number of hydrogen-bond donors (Lipinski definition) is 0. The summed E-state index contributed by atoms with van der Waals surface area (Å²) in [4.78, 5) is 4.08. The maximum Gasteiger partial charge on any atom is 0.158 e. The average molecular weight is 273 g/mol. The molecule has 0 aliphatic heterocycles. The molecule has 0 spiro atoms. The minimum absolute atomic E-state index is 0.280. The van der Waals surface area contributed by atoms with Gasteiger partial charge in [0.05, 0.1) is 18.4 Å². The largest absolute Gasteiger partial charge is 0.242 e. The molecule has 0 saturated carbocycles. The highest BCUT2D eigenvalue weighted by Gasteiger charge is 2.13. The summed E-state index contributed by atoms with van der Waals surface area (Å²) in [5, 5.41) is 5.09. The Bertz CT molecular complexity index is 765. The molecular weight excluding hydrogens is 260 g/mol. The molecule has 0 amide bonds. The fourth-order valence-electron chi connectivity index (χ4n) is 2.26. The minimum atomic E-state index is -0.391. The van der Waals surface area contributed by atoms with Gasteiger partial charge in [0, 0.05) is 10.9 Å². The van der Waals surface area contributed by atoms with Gasteiger partial charge in [0.1, 0.15) is 11.6 Å². The summed E-state index contributed by atoms with van der Waals surface area (Å²) < 4.78 is 28.6. The Labute approximate surface area is 114 Å². The molecule has 0 aliphatic rings. The van der Waals surface area contributed by atoms with Crippen LogP contribution in [0.3, 0.4) is 0 Å². The minimum Gasteiger partial charge on any atom is -0.242 e. The molecule has 1 aromatic carbocycles. The maximum atomic E-state index is 13.7. The number of benzene rings is 1. The summed E-state index contributed by atoms with van der Waals surface area (Å²) in [6.45, 7) is 2.22. The van der Waals surface area contributed by atoms with E-state index < -0.39 is 5.82 Å². The monoisotopic (exact) mass is 273 g/mol. The van der Waals surface area contributed by atoms with Crippen LogP contribution >= 0.6 is 0 Å². The Morgan fingerprint density at radius 1 is 1.20 bits per heavy atom. The van der Waals surface area contributed by atoms with Crippen molar-refractivity contribution in [2.24, 2.45) is 0 Å². The molecule has 0 bridgehead atoms. The van der Waals surface area contributed by atoms with E-state index in [1.807, 2.05) is 6.92 Å². The molecule has 20 heavy (non-hydrogen) atoms. The van der Waals surface area contributed by atoms with Gasteiger partial charge < -0.3 is 0 Å². The lowest BCUT2D eigenvalue weighted by Gasteiger charge is -2.04. The second-order valence-corrected chi connectivity index (χ2v) is 4.57. The zero-order valence-electron chi connectivity index (χ0n) is 11.0. The van der Waals surface area contributed by atoms with Crippen molar-refractivity contribution in [1.82, 2.24) is 14.8 Å². The van der Waals surface area contributed by atoms with Gasteiger partial charge in [0.25, 0.3) is 0 Å². The van der Waals surface area contributed by atoms with Crippen LogP contribution in [0.25, 0.3) is 11.0 Å². The molecule has 3 aromatic rings. The SMILES string of the molecule is CCc1nn(Cc2ccccc2F)c2ncc(F)cc12. The first kappa shape index (κ1) is 12.7. The standard InChI is InChI=1S/C15H13F2N3/c1-2-14-12-7-11(16)8-18-15(12)20(19-14)9-10-5-3-4-6-13(10)17/h3-8H,2,9H2,1H3. The Kier molecular flexibility index (Phi) is 3.18. The predicted molar refractivity (Wildman–Crippen MR) is 72.4 cm³/mol. The first-order valence-electron chi connectivity index (χ1n) is 6.43. The van der Waals surface area contributed by atoms with Crippen molar-refractivity contribution in [1.29, 1.82) is 0 Å². The zero-order chi connectivity index (χ0) is 14.1. The lowest BCUT2D eigenvalue weighted by molar-refractivity contribution is 0.586. The number of pyridine rings is 1. The third kappa shape index (κ3) is 2.15. The smallest absolute Gasteiger partial charge is 0.158 e. The van der Waals surface area contributed by atoms with E-state index in [9.17, 15) is 8.78 Å². The molecule has 0 unspecified atom stereocenters. The zero-order valence-corrected chi connectivity index (χ0v) is 11.0. The van der Waals surface area contributed by atoms with Gasteiger partial charge in [-0.2, -0.15) is 5.10 Å². The highest BCUT2D eigenvalue weighted by molar-refractivity contribution is 5.78. The molecule has 0 aliphatic carbocycles. The van der Waals surface area contributed by atoms with Crippen molar-refractivity contribution < 1.29 is 8.78 Å². The first-order chi connectivity index (χ1) is 9.69. The molecule has 0 saturated heterocycles. The highest BCUT2D eigenvalue weighted by atomic mass is 19.1. The van der Waals surface area contributed by atoms with Gasteiger partial charge in [-0.15, -0.1) is 0 Å². The van der Waals surface area contributed by atoms with Gasteiger partial charge >= 0.3 is 0 Å². The lowest BCUT2D eigenvalue weighted by Crippen LogP contribution is -2.05. The molecule has 3 rings (SSSR count). The van der Waals surface area contributed by atoms with E-state index in [-0.39, 0.29) is 12.4 Å². The molecule has 2 heterocycles. The van der Waals surface area contributed by atoms with Crippen molar-refractivity contribution in [2.45, 2.75) is 19.9 Å². The number of hydrogen-bond acceptors (Lipinski definition) is 2. The Morgan fingerprint density at radius 2 is 2.00 bits per heavy atom. The number of aryl methyl sites for hydroxylation is 1. The van der Waals surface area contributed by atoms with E-state index in [0.29, 0.717) is 23.0 Å². The van der Waals surface area contributed by atoms with Crippen LogP contribution in [0.15, 0.2) is 36.5 Å². The molecule has 5 heteroatoms. The van der Waals surface area contributed by atoms with Gasteiger partial charge in [-0.25, -0.2) is 18.4 Å². The summed E-state index contributed by atoms with van der Waals surface area (Å²) in [6, 6.07) is 7.96. The van der Waals surface area contributed by atoms with E-state index in [1.165, 1.54) is 12.1 Å². The second kappa shape index (κ2) is 5.00. The number of rotatable bonds is 3. The van der Waals surface area contributed by atoms with Crippen molar-refractivity contribution in [3.8, 4) is 0 Å². The molecule has 3 nitrogen and oxygen atoms in total. The molecule has 0 N–H and O–H groups in total. The third-order valence-electron chi connectivity index (χ3n) is 3.24. The molecule has 102 valence electrons. The Morgan fingerprint density at radius 3 is 2.75 bits per heavy atom.